The third-order valence-corrected chi connectivity index (χ3v) is 3.35. The van der Waals surface area contributed by atoms with Crippen LogP contribution >= 0.6 is 0 Å². The second-order valence-corrected chi connectivity index (χ2v) is 4.54. The number of ketones is 1. The fourth-order valence-corrected chi connectivity index (χ4v) is 2.29. The third kappa shape index (κ3) is 3.45. The Hall–Kier alpha value is -1.16. The van der Waals surface area contributed by atoms with E-state index >= 15 is 0 Å². The summed E-state index contributed by atoms with van der Waals surface area (Å²) in [5.74, 6) is 5.17. The number of nitrogens with two attached hydrogens (primary N) is 1. The molecule has 1 aliphatic rings. The van der Waals surface area contributed by atoms with E-state index in [2.05, 4.69) is 11.4 Å². The Bertz CT molecular complexity index is 291. The van der Waals surface area contributed by atoms with Gasteiger partial charge in [0, 0.05) is 11.5 Å². The Kier molecular flexibility index (Phi) is 4.68. The number of hydrogen-bond donors (Lipinski definition) is 1. The van der Waals surface area contributed by atoms with Gasteiger partial charge in [0.25, 0.3) is 0 Å². The SMILES string of the molecule is C=C(CC1CCC(C(C)=O)CC1)C(=O)ON. The molecule has 0 bridgehead atoms. The van der Waals surface area contributed by atoms with E-state index in [1.807, 2.05) is 0 Å². The number of carbonyl (C=O) groups is 2. The van der Waals surface area contributed by atoms with Crippen LogP contribution in [0.1, 0.15) is 39.0 Å². The highest BCUT2D eigenvalue weighted by Gasteiger charge is 2.25. The van der Waals surface area contributed by atoms with Crippen molar-refractivity contribution in [2.45, 2.75) is 39.0 Å². The lowest BCUT2D eigenvalue weighted by Gasteiger charge is -2.26. The summed E-state index contributed by atoms with van der Waals surface area (Å²) in [5.41, 5.74) is 0.425. The van der Waals surface area contributed by atoms with E-state index in [4.69, 9.17) is 5.90 Å². The van der Waals surface area contributed by atoms with Crippen molar-refractivity contribution in [1.82, 2.24) is 0 Å². The summed E-state index contributed by atoms with van der Waals surface area (Å²) in [4.78, 5) is 26.4. The van der Waals surface area contributed by atoms with E-state index in [-0.39, 0.29) is 11.7 Å². The van der Waals surface area contributed by atoms with Crippen molar-refractivity contribution in [1.29, 1.82) is 0 Å². The van der Waals surface area contributed by atoms with Gasteiger partial charge in [-0.05, 0) is 44.9 Å². The lowest BCUT2D eigenvalue weighted by molar-refractivity contribution is -0.139. The minimum absolute atomic E-state index is 0.214. The zero-order valence-corrected chi connectivity index (χ0v) is 9.70. The van der Waals surface area contributed by atoms with Crippen LogP contribution in [0.3, 0.4) is 0 Å². The molecule has 0 heterocycles. The van der Waals surface area contributed by atoms with Crippen LogP contribution in [0.4, 0.5) is 0 Å². The molecule has 4 heteroatoms. The van der Waals surface area contributed by atoms with Crippen molar-refractivity contribution in [2.75, 3.05) is 0 Å². The Morgan fingerprint density at radius 2 is 1.88 bits per heavy atom. The molecule has 0 atom stereocenters. The number of Topliss-reactive ketones (excluding diaryl/α,β-unsaturated/α-hetero) is 1. The molecule has 90 valence electrons. The van der Waals surface area contributed by atoms with Crippen molar-refractivity contribution < 1.29 is 14.4 Å². The first kappa shape index (κ1) is 12.9. The lowest BCUT2D eigenvalue weighted by Crippen LogP contribution is -2.21. The standard InChI is InChI=1S/C12H19NO3/c1-8(12(15)16-13)7-10-3-5-11(6-4-10)9(2)14/h10-11H,1,3-7,13H2,2H3. The van der Waals surface area contributed by atoms with Crippen molar-refractivity contribution >= 4 is 11.8 Å². The fraction of sp³-hybridized carbons (Fsp3) is 0.667. The van der Waals surface area contributed by atoms with Gasteiger partial charge in [-0.2, -0.15) is 5.90 Å². The molecule has 0 radical (unpaired) electrons. The van der Waals surface area contributed by atoms with Crippen LogP contribution in [0, 0.1) is 11.8 Å². The van der Waals surface area contributed by atoms with Crippen LogP contribution in [0.25, 0.3) is 0 Å². The molecule has 1 rings (SSSR count). The molecular weight excluding hydrogens is 206 g/mol. The van der Waals surface area contributed by atoms with Crippen molar-refractivity contribution in [2.24, 2.45) is 17.7 Å². The second kappa shape index (κ2) is 5.80. The molecule has 0 unspecified atom stereocenters. The van der Waals surface area contributed by atoms with Gasteiger partial charge in [0.2, 0.25) is 0 Å². The van der Waals surface area contributed by atoms with Crippen LogP contribution < -0.4 is 5.90 Å². The third-order valence-electron chi connectivity index (χ3n) is 3.35. The van der Waals surface area contributed by atoms with Gasteiger partial charge in [-0.25, -0.2) is 4.79 Å². The molecule has 0 saturated heterocycles. The molecule has 2 N–H and O–H groups in total. The van der Waals surface area contributed by atoms with Crippen LogP contribution in [-0.4, -0.2) is 11.8 Å². The quantitative estimate of drug-likeness (QED) is 0.584. The molecule has 1 saturated carbocycles. The zero-order chi connectivity index (χ0) is 12.1. The highest BCUT2D eigenvalue weighted by molar-refractivity contribution is 5.87. The number of rotatable bonds is 4. The van der Waals surface area contributed by atoms with Crippen LogP contribution in [-0.2, 0) is 14.4 Å². The van der Waals surface area contributed by atoms with Gasteiger partial charge >= 0.3 is 5.97 Å². The van der Waals surface area contributed by atoms with E-state index in [1.54, 1.807) is 6.92 Å². The molecule has 0 aromatic rings. The first-order chi connectivity index (χ1) is 7.54. The maximum Gasteiger partial charge on any atom is 0.351 e. The highest BCUT2D eigenvalue weighted by atomic mass is 16.7. The highest BCUT2D eigenvalue weighted by Crippen LogP contribution is 2.32. The molecule has 0 amide bonds. The van der Waals surface area contributed by atoms with E-state index < -0.39 is 5.97 Å². The predicted molar refractivity (Wildman–Crippen MR) is 60.2 cm³/mol. The largest absolute Gasteiger partial charge is 0.370 e. The number of hydrogen-bond acceptors (Lipinski definition) is 4. The van der Waals surface area contributed by atoms with Crippen LogP contribution in [0.2, 0.25) is 0 Å². The summed E-state index contributed by atoms with van der Waals surface area (Å²) in [6.45, 7) is 5.30. The molecule has 0 spiro atoms. The lowest BCUT2D eigenvalue weighted by atomic mass is 9.78. The smallest absolute Gasteiger partial charge is 0.351 e. The summed E-state index contributed by atoms with van der Waals surface area (Å²) in [7, 11) is 0. The van der Waals surface area contributed by atoms with E-state index in [0.29, 0.717) is 17.9 Å². The van der Waals surface area contributed by atoms with Gasteiger partial charge in [-0.3, -0.25) is 4.79 Å². The average Bonchev–Trinajstić information content (AvgIpc) is 2.28. The van der Waals surface area contributed by atoms with Gasteiger partial charge in [0.05, 0.1) is 0 Å². The first-order valence-electron chi connectivity index (χ1n) is 5.64. The molecule has 0 aromatic carbocycles. The van der Waals surface area contributed by atoms with Gasteiger partial charge < -0.3 is 4.84 Å². The van der Waals surface area contributed by atoms with Crippen molar-refractivity contribution in [3.63, 3.8) is 0 Å². The van der Waals surface area contributed by atoms with Gasteiger partial charge in [0.1, 0.15) is 5.78 Å². The first-order valence-corrected chi connectivity index (χ1v) is 5.64. The minimum Gasteiger partial charge on any atom is -0.370 e. The van der Waals surface area contributed by atoms with Crippen molar-refractivity contribution in [3.8, 4) is 0 Å². The number of carbonyl (C=O) groups excluding carboxylic acids is 2. The summed E-state index contributed by atoms with van der Waals surface area (Å²) in [5, 5.41) is 0. The summed E-state index contributed by atoms with van der Waals surface area (Å²) in [6.07, 6.45) is 4.42. The Labute approximate surface area is 95.8 Å². The Morgan fingerprint density at radius 3 is 2.31 bits per heavy atom. The van der Waals surface area contributed by atoms with Gasteiger partial charge in [0.15, 0.2) is 0 Å². The normalized spacial score (nSPS) is 24.9. The molecule has 4 nitrogen and oxygen atoms in total. The van der Waals surface area contributed by atoms with Crippen molar-refractivity contribution in [3.05, 3.63) is 12.2 Å². The van der Waals surface area contributed by atoms with Crippen LogP contribution in [0.5, 0.6) is 0 Å². The predicted octanol–water partition coefficient (Wildman–Crippen LogP) is 1.75. The molecule has 0 aromatic heterocycles. The van der Waals surface area contributed by atoms with E-state index in [9.17, 15) is 9.59 Å². The van der Waals surface area contributed by atoms with E-state index in [1.165, 1.54) is 0 Å². The Morgan fingerprint density at radius 1 is 1.31 bits per heavy atom. The molecular formula is C12H19NO3. The van der Waals surface area contributed by atoms with Crippen LogP contribution in [0.15, 0.2) is 12.2 Å². The molecule has 0 aliphatic heterocycles. The minimum atomic E-state index is -0.534. The Balaban J connectivity index is 2.35. The average molecular weight is 225 g/mol. The fourth-order valence-electron chi connectivity index (χ4n) is 2.29. The summed E-state index contributed by atoms with van der Waals surface area (Å²) in [6, 6.07) is 0. The topological polar surface area (TPSA) is 69.4 Å². The second-order valence-electron chi connectivity index (χ2n) is 4.54. The maximum absolute atomic E-state index is 11.2. The molecule has 1 aliphatic carbocycles. The molecule has 1 fully saturated rings. The monoisotopic (exact) mass is 225 g/mol. The van der Waals surface area contributed by atoms with Gasteiger partial charge in [-0.1, -0.05) is 6.58 Å². The molecule has 16 heavy (non-hydrogen) atoms. The summed E-state index contributed by atoms with van der Waals surface area (Å²) >= 11 is 0. The zero-order valence-electron chi connectivity index (χ0n) is 9.70. The van der Waals surface area contributed by atoms with Gasteiger partial charge in [-0.15, -0.1) is 0 Å². The van der Waals surface area contributed by atoms with E-state index in [0.717, 1.165) is 25.7 Å². The summed E-state index contributed by atoms with van der Waals surface area (Å²) < 4.78 is 0. The maximum atomic E-state index is 11.2.